The molecular weight excluding hydrogens is 244 g/mol. The van der Waals surface area contributed by atoms with Crippen molar-refractivity contribution in [2.24, 2.45) is 5.41 Å². The zero-order chi connectivity index (χ0) is 13.6. The molecule has 0 aliphatic carbocycles. The van der Waals surface area contributed by atoms with Crippen LogP contribution in [0.2, 0.25) is 0 Å². The fourth-order valence-electron chi connectivity index (χ4n) is 1.68. The highest BCUT2D eigenvalue weighted by atomic mass is 32.2. The van der Waals surface area contributed by atoms with Gasteiger partial charge in [-0.15, -0.1) is 11.8 Å². The highest BCUT2D eigenvalue weighted by Crippen LogP contribution is 2.26. The van der Waals surface area contributed by atoms with Crippen LogP contribution >= 0.6 is 11.8 Å². The Balaban J connectivity index is 2.24. The molecule has 18 heavy (non-hydrogen) atoms. The third-order valence-electron chi connectivity index (χ3n) is 3.13. The maximum atomic E-state index is 10.9. The van der Waals surface area contributed by atoms with Crippen LogP contribution in [-0.2, 0) is 4.79 Å². The van der Waals surface area contributed by atoms with E-state index in [0.29, 0.717) is 0 Å². The second-order valence-electron chi connectivity index (χ2n) is 5.26. The molecule has 0 aromatic heterocycles. The van der Waals surface area contributed by atoms with Crippen LogP contribution in [-0.4, -0.2) is 16.8 Å². The van der Waals surface area contributed by atoms with Crippen molar-refractivity contribution in [2.75, 3.05) is 5.75 Å². The van der Waals surface area contributed by atoms with Gasteiger partial charge in [0.05, 0.1) is 5.41 Å². The predicted molar refractivity (Wildman–Crippen MR) is 77.2 cm³/mol. The summed E-state index contributed by atoms with van der Waals surface area (Å²) in [6.07, 6.45) is 2.78. The van der Waals surface area contributed by atoms with Gasteiger partial charge in [0.15, 0.2) is 0 Å². The van der Waals surface area contributed by atoms with Gasteiger partial charge in [-0.25, -0.2) is 0 Å². The first kappa shape index (κ1) is 15.1. The third-order valence-corrected chi connectivity index (χ3v) is 4.39. The quantitative estimate of drug-likeness (QED) is 0.588. The summed E-state index contributed by atoms with van der Waals surface area (Å²) in [5, 5.41) is 9.01. The van der Waals surface area contributed by atoms with Crippen molar-refractivity contribution in [3.63, 3.8) is 0 Å². The highest BCUT2D eigenvalue weighted by molar-refractivity contribution is 7.99. The number of hydrogen-bond donors (Lipinski definition) is 1. The van der Waals surface area contributed by atoms with Gasteiger partial charge in [-0.05, 0) is 51.0 Å². The summed E-state index contributed by atoms with van der Waals surface area (Å²) in [4.78, 5) is 12.3. The number of rotatable bonds is 7. The standard InChI is InChI=1S/C15H22O2S/c1-12-8-4-5-9-13(12)18-11-7-6-10-15(2,3)14(16)17/h4-5,8-9H,6-7,10-11H2,1-3H3,(H,16,17). The van der Waals surface area contributed by atoms with E-state index in [0.717, 1.165) is 25.0 Å². The molecule has 0 radical (unpaired) electrons. The van der Waals surface area contributed by atoms with Gasteiger partial charge in [0.25, 0.3) is 0 Å². The van der Waals surface area contributed by atoms with Crippen molar-refractivity contribution >= 4 is 17.7 Å². The Morgan fingerprint density at radius 3 is 2.56 bits per heavy atom. The fraction of sp³-hybridized carbons (Fsp3) is 0.533. The second-order valence-corrected chi connectivity index (χ2v) is 6.40. The Morgan fingerprint density at radius 2 is 1.94 bits per heavy atom. The number of carboxylic acid groups (broad SMARTS) is 1. The summed E-state index contributed by atoms with van der Waals surface area (Å²) in [5.74, 6) is 0.356. The maximum absolute atomic E-state index is 10.9. The largest absolute Gasteiger partial charge is 0.481 e. The van der Waals surface area contributed by atoms with Crippen molar-refractivity contribution < 1.29 is 9.90 Å². The monoisotopic (exact) mass is 266 g/mol. The van der Waals surface area contributed by atoms with E-state index in [9.17, 15) is 4.79 Å². The minimum absolute atomic E-state index is 0.590. The van der Waals surface area contributed by atoms with Crippen LogP contribution in [0.15, 0.2) is 29.2 Å². The van der Waals surface area contributed by atoms with Crippen LogP contribution in [0.5, 0.6) is 0 Å². The summed E-state index contributed by atoms with van der Waals surface area (Å²) in [6.45, 7) is 5.71. The smallest absolute Gasteiger partial charge is 0.309 e. The molecule has 100 valence electrons. The van der Waals surface area contributed by atoms with Crippen LogP contribution in [0.25, 0.3) is 0 Å². The minimum atomic E-state index is -0.700. The summed E-state index contributed by atoms with van der Waals surface area (Å²) >= 11 is 1.86. The van der Waals surface area contributed by atoms with Gasteiger partial charge in [0.1, 0.15) is 0 Å². The first-order chi connectivity index (χ1) is 8.43. The molecule has 0 unspecified atom stereocenters. The number of carboxylic acids is 1. The predicted octanol–water partition coefficient (Wildman–Crippen LogP) is 4.37. The van der Waals surface area contributed by atoms with E-state index in [1.165, 1.54) is 10.5 Å². The van der Waals surface area contributed by atoms with Crippen molar-refractivity contribution in [1.29, 1.82) is 0 Å². The number of hydrogen-bond acceptors (Lipinski definition) is 2. The molecule has 1 aromatic rings. The fourth-order valence-corrected chi connectivity index (χ4v) is 2.72. The molecule has 0 saturated heterocycles. The van der Waals surface area contributed by atoms with Crippen LogP contribution in [0, 0.1) is 12.3 Å². The molecule has 0 spiro atoms. The molecule has 0 amide bonds. The van der Waals surface area contributed by atoms with Gasteiger partial charge >= 0.3 is 5.97 Å². The molecule has 0 aliphatic heterocycles. The molecule has 1 N–H and O–H groups in total. The van der Waals surface area contributed by atoms with Gasteiger partial charge < -0.3 is 5.11 Å². The van der Waals surface area contributed by atoms with Crippen molar-refractivity contribution in [3.8, 4) is 0 Å². The number of unbranched alkanes of at least 4 members (excludes halogenated alkanes) is 1. The van der Waals surface area contributed by atoms with Crippen LogP contribution in [0.1, 0.15) is 38.7 Å². The summed E-state index contributed by atoms with van der Waals surface area (Å²) in [7, 11) is 0. The van der Waals surface area contributed by atoms with E-state index in [2.05, 4.69) is 31.2 Å². The Bertz CT molecular complexity index is 399. The van der Waals surface area contributed by atoms with Gasteiger partial charge in [-0.2, -0.15) is 0 Å². The number of carbonyl (C=O) groups is 1. The normalized spacial score (nSPS) is 11.5. The van der Waals surface area contributed by atoms with Crippen LogP contribution in [0.3, 0.4) is 0 Å². The van der Waals surface area contributed by atoms with E-state index >= 15 is 0 Å². The Labute approximate surface area is 114 Å². The zero-order valence-electron chi connectivity index (χ0n) is 11.4. The van der Waals surface area contributed by atoms with Gasteiger partial charge in [-0.1, -0.05) is 24.6 Å². The van der Waals surface area contributed by atoms with Crippen molar-refractivity contribution in [3.05, 3.63) is 29.8 Å². The average Bonchev–Trinajstić information content (AvgIpc) is 2.30. The molecule has 0 atom stereocenters. The molecule has 0 saturated carbocycles. The minimum Gasteiger partial charge on any atom is -0.481 e. The molecule has 0 heterocycles. The van der Waals surface area contributed by atoms with E-state index in [1.807, 2.05) is 11.8 Å². The number of thioether (sulfide) groups is 1. The van der Waals surface area contributed by atoms with Crippen molar-refractivity contribution in [2.45, 2.75) is 44.9 Å². The lowest BCUT2D eigenvalue weighted by Crippen LogP contribution is -2.23. The van der Waals surface area contributed by atoms with Crippen molar-refractivity contribution in [1.82, 2.24) is 0 Å². The molecule has 0 bridgehead atoms. The molecule has 0 aliphatic rings. The lowest BCUT2D eigenvalue weighted by molar-refractivity contribution is -0.147. The van der Waals surface area contributed by atoms with Crippen LogP contribution in [0.4, 0.5) is 0 Å². The first-order valence-electron chi connectivity index (χ1n) is 6.35. The summed E-state index contributed by atoms with van der Waals surface area (Å²) in [5.41, 5.74) is 0.723. The SMILES string of the molecule is Cc1ccccc1SCCCCC(C)(C)C(=O)O. The maximum Gasteiger partial charge on any atom is 0.309 e. The highest BCUT2D eigenvalue weighted by Gasteiger charge is 2.25. The average molecular weight is 266 g/mol. The number of benzene rings is 1. The molecule has 2 nitrogen and oxygen atoms in total. The second kappa shape index (κ2) is 6.83. The lowest BCUT2D eigenvalue weighted by Gasteiger charge is -2.18. The molecular formula is C15H22O2S. The molecule has 1 rings (SSSR count). The molecule has 1 aromatic carbocycles. The van der Waals surface area contributed by atoms with E-state index in [-0.39, 0.29) is 0 Å². The Kier molecular flexibility index (Phi) is 5.73. The first-order valence-corrected chi connectivity index (χ1v) is 7.34. The zero-order valence-corrected chi connectivity index (χ0v) is 12.2. The third kappa shape index (κ3) is 4.73. The summed E-state index contributed by atoms with van der Waals surface area (Å²) in [6, 6.07) is 8.37. The van der Waals surface area contributed by atoms with Gasteiger partial charge in [-0.3, -0.25) is 4.79 Å². The Hall–Kier alpha value is -0.960. The number of aryl methyl sites for hydroxylation is 1. The molecule has 3 heteroatoms. The number of aliphatic carboxylic acids is 1. The van der Waals surface area contributed by atoms with E-state index in [1.54, 1.807) is 13.8 Å². The Morgan fingerprint density at radius 1 is 1.28 bits per heavy atom. The lowest BCUT2D eigenvalue weighted by atomic mass is 9.88. The molecule has 0 fully saturated rings. The van der Waals surface area contributed by atoms with Gasteiger partial charge in [0.2, 0.25) is 0 Å². The van der Waals surface area contributed by atoms with Gasteiger partial charge in [0, 0.05) is 4.90 Å². The topological polar surface area (TPSA) is 37.3 Å². The van der Waals surface area contributed by atoms with Crippen LogP contribution < -0.4 is 0 Å². The summed E-state index contributed by atoms with van der Waals surface area (Å²) < 4.78 is 0. The van der Waals surface area contributed by atoms with E-state index < -0.39 is 11.4 Å². The van der Waals surface area contributed by atoms with E-state index in [4.69, 9.17) is 5.11 Å².